The molecule has 2 aliphatic rings. The van der Waals surface area contributed by atoms with E-state index in [-0.39, 0.29) is 24.3 Å². The molecular weight excluding hydrogens is 332 g/mol. The number of H-pyrrole nitrogens is 1. The number of methoxy groups -OCH3 is 1. The normalized spacial score (nSPS) is 18.3. The summed E-state index contributed by atoms with van der Waals surface area (Å²) in [5.41, 5.74) is 3.59. The summed E-state index contributed by atoms with van der Waals surface area (Å²) in [6, 6.07) is 0. The number of hydrogen-bond acceptors (Lipinski definition) is 4. The van der Waals surface area contributed by atoms with Crippen LogP contribution in [0.1, 0.15) is 49.1 Å². The topological polar surface area (TPSA) is 78.5 Å². The van der Waals surface area contributed by atoms with Crippen LogP contribution in [0.3, 0.4) is 0 Å². The van der Waals surface area contributed by atoms with Crippen LogP contribution in [-0.2, 0) is 33.7 Å². The first kappa shape index (κ1) is 18.9. The highest BCUT2D eigenvalue weighted by Gasteiger charge is 2.29. The molecule has 0 aromatic carbocycles. The number of nitrogens with one attached hydrogen (secondary N) is 1. The Morgan fingerprint density at radius 1 is 1.23 bits per heavy atom. The van der Waals surface area contributed by atoms with Crippen LogP contribution in [0.4, 0.5) is 0 Å². The van der Waals surface area contributed by atoms with Gasteiger partial charge in [0.1, 0.15) is 6.61 Å². The van der Waals surface area contributed by atoms with Crippen molar-refractivity contribution in [2.75, 3.05) is 33.9 Å². The summed E-state index contributed by atoms with van der Waals surface area (Å²) in [7, 11) is 3.39. The number of likely N-dealkylation sites (tertiary alicyclic amines) is 1. The van der Waals surface area contributed by atoms with Gasteiger partial charge in [0.05, 0.1) is 12.2 Å². The maximum atomic E-state index is 12.8. The van der Waals surface area contributed by atoms with Crippen molar-refractivity contribution < 1.29 is 14.3 Å². The highest BCUT2D eigenvalue weighted by atomic mass is 16.5. The SMILES string of the molecule is COCC(=O)N1CCC(C(=O)N(C)Cc2n[nH]c3c2CCCCC3)CC1. The zero-order valence-corrected chi connectivity index (χ0v) is 15.9. The molecule has 1 aliphatic heterocycles. The summed E-state index contributed by atoms with van der Waals surface area (Å²) < 4.78 is 4.91. The van der Waals surface area contributed by atoms with Crippen molar-refractivity contribution in [1.82, 2.24) is 20.0 Å². The molecule has 0 saturated carbocycles. The molecule has 2 amide bonds. The number of aromatic amines is 1. The first-order chi connectivity index (χ1) is 12.6. The van der Waals surface area contributed by atoms with Crippen LogP contribution >= 0.6 is 0 Å². The maximum absolute atomic E-state index is 12.8. The second-order valence-corrected chi connectivity index (χ2v) is 7.47. The molecule has 2 heterocycles. The number of fused-ring (bicyclic) bond motifs is 1. The molecule has 1 fully saturated rings. The van der Waals surface area contributed by atoms with Crippen LogP contribution in [0.15, 0.2) is 0 Å². The fourth-order valence-corrected chi connectivity index (χ4v) is 4.06. The minimum absolute atomic E-state index is 0.00553. The van der Waals surface area contributed by atoms with E-state index in [1.54, 1.807) is 9.80 Å². The van der Waals surface area contributed by atoms with Gasteiger partial charge in [0.15, 0.2) is 0 Å². The van der Waals surface area contributed by atoms with Gasteiger partial charge in [0.25, 0.3) is 0 Å². The third-order valence-electron chi connectivity index (χ3n) is 5.62. The number of hydrogen-bond donors (Lipinski definition) is 1. The number of rotatable bonds is 5. The number of ether oxygens (including phenoxy) is 1. The molecule has 1 N–H and O–H groups in total. The van der Waals surface area contributed by atoms with E-state index in [0.717, 1.165) is 31.4 Å². The fourth-order valence-electron chi connectivity index (χ4n) is 4.06. The second-order valence-electron chi connectivity index (χ2n) is 7.47. The van der Waals surface area contributed by atoms with Crippen molar-refractivity contribution in [3.05, 3.63) is 17.0 Å². The van der Waals surface area contributed by atoms with Gasteiger partial charge in [0.2, 0.25) is 11.8 Å². The van der Waals surface area contributed by atoms with Gasteiger partial charge in [-0.25, -0.2) is 0 Å². The lowest BCUT2D eigenvalue weighted by Gasteiger charge is -2.33. The van der Waals surface area contributed by atoms with Gasteiger partial charge in [-0.15, -0.1) is 0 Å². The van der Waals surface area contributed by atoms with E-state index >= 15 is 0 Å². The average molecular weight is 362 g/mol. The molecule has 0 radical (unpaired) electrons. The first-order valence-electron chi connectivity index (χ1n) is 9.66. The van der Waals surface area contributed by atoms with Gasteiger partial charge in [0, 0.05) is 38.9 Å². The molecule has 1 aliphatic carbocycles. The van der Waals surface area contributed by atoms with E-state index < -0.39 is 0 Å². The zero-order chi connectivity index (χ0) is 18.5. The van der Waals surface area contributed by atoms with Gasteiger partial charge in [-0.1, -0.05) is 6.42 Å². The minimum Gasteiger partial charge on any atom is -0.375 e. The number of amides is 2. The van der Waals surface area contributed by atoms with Crippen LogP contribution in [0, 0.1) is 5.92 Å². The molecule has 26 heavy (non-hydrogen) atoms. The zero-order valence-electron chi connectivity index (χ0n) is 15.9. The molecule has 7 heteroatoms. The summed E-state index contributed by atoms with van der Waals surface area (Å²) in [5, 5.41) is 7.65. The van der Waals surface area contributed by atoms with Crippen LogP contribution in [0.2, 0.25) is 0 Å². The van der Waals surface area contributed by atoms with Crippen LogP contribution in [0.25, 0.3) is 0 Å². The number of aryl methyl sites for hydroxylation is 1. The average Bonchev–Trinajstić information content (AvgIpc) is 2.88. The number of nitrogens with zero attached hydrogens (tertiary/aromatic N) is 3. The molecule has 144 valence electrons. The number of carbonyl (C=O) groups excluding carboxylic acids is 2. The smallest absolute Gasteiger partial charge is 0.248 e. The minimum atomic E-state index is -0.0101. The maximum Gasteiger partial charge on any atom is 0.248 e. The van der Waals surface area contributed by atoms with E-state index in [0.29, 0.717) is 19.6 Å². The number of carbonyl (C=O) groups is 2. The quantitative estimate of drug-likeness (QED) is 0.806. The van der Waals surface area contributed by atoms with Crippen LogP contribution < -0.4 is 0 Å². The molecule has 0 atom stereocenters. The molecule has 7 nitrogen and oxygen atoms in total. The lowest BCUT2D eigenvalue weighted by atomic mass is 9.95. The van der Waals surface area contributed by atoms with Gasteiger partial charge in [-0.05, 0) is 44.1 Å². The standard InChI is InChI=1S/C19H30N4O3/c1-22(12-17-15-6-4-3-5-7-16(15)20-21-17)19(25)14-8-10-23(11-9-14)18(24)13-26-2/h14H,3-13H2,1-2H3,(H,20,21). The number of aromatic nitrogens is 2. The molecule has 0 bridgehead atoms. The van der Waals surface area contributed by atoms with E-state index in [9.17, 15) is 9.59 Å². The Morgan fingerprint density at radius 2 is 1.96 bits per heavy atom. The van der Waals surface area contributed by atoms with Crippen molar-refractivity contribution in [2.45, 2.75) is 51.5 Å². The summed E-state index contributed by atoms with van der Waals surface area (Å²) in [5.74, 6) is 0.157. The summed E-state index contributed by atoms with van der Waals surface area (Å²) in [6.45, 7) is 1.94. The van der Waals surface area contributed by atoms with Gasteiger partial charge >= 0.3 is 0 Å². The van der Waals surface area contributed by atoms with Gasteiger partial charge in [-0.2, -0.15) is 5.10 Å². The Bertz CT molecular complexity index is 635. The largest absolute Gasteiger partial charge is 0.375 e. The van der Waals surface area contributed by atoms with E-state index in [1.165, 1.54) is 37.6 Å². The van der Waals surface area contributed by atoms with Gasteiger partial charge in [-0.3, -0.25) is 14.7 Å². The Hall–Kier alpha value is -1.89. The van der Waals surface area contributed by atoms with Crippen LogP contribution in [0.5, 0.6) is 0 Å². The van der Waals surface area contributed by atoms with Crippen molar-refractivity contribution in [2.24, 2.45) is 5.92 Å². The third-order valence-corrected chi connectivity index (χ3v) is 5.62. The highest BCUT2D eigenvalue weighted by molar-refractivity contribution is 5.80. The lowest BCUT2D eigenvalue weighted by molar-refractivity contribution is -0.142. The first-order valence-corrected chi connectivity index (χ1v) is 9.66. The van der Waals surface area contributed by atoms with Crippen LogP contribution in [-0.4, -0.2) is 65.7 Å². The van der Waals surface area contributed by atoms with Gasteiger partial charge < -0.3 is 14.5 Å². The Labute approximate surface area is 155 Å². The lowest BCUT2D eigenvalue weighted by Crippen LogP contribution is -2.44. The van der Waals surface area contributed by atoms with E-state index in [1.807, 2.05) is 7.05 Å². The molecule has 0 spiro atoms. The highest BCUT2D eigenvalue weighted by Crippen LogP contribution is 2.24. The molecule has 1 aromatic heterocycles. The number of piperidine rings is 1. The Balaban J connectivity index is 1.54. The summed E-state index contributed by atoms with van der Waals surface area (Å²) in [4.78, 5) is 28.3. The molecule has 1 aromatic rings. The monoisotopic (exact) mass is 362 g/mol. The second kappa shape index (κ2) is 8.66. The summed E-state index contributed by atoms with van der Waals surface area (Å²) in [6.07, 6.45) is 7.23. The van der Waals surface area contributed by atoms with Crippen molar-refractivity contribution in [1.29, 1.82) is 0 Å². The van der Waals surface area contributed by atoms with Crippen molar-refractivity contribution >= 4 is 11.8 Å². The summed E-state index contributed by atoms with van der Waals surface area (Å²) >= 11 is 0. The van der Waals surface area contributed by atoms with Crippen molar-refractivity contribution in [3.63, 3.8) is 0 Å². The van der Waals surface area contributed by atoms with E-state index in [4.69, 9.17) is 4.74 Å². The Kier molecular flexibility index (Phi) is 6.29. The molecule has 3 rings (SSSR count). The Morgan fingerprint density at radius 3 is 2.69 bits per heavy atom. The predicted molar refractivity (Wildman–Crippen MR) is 97.5 cm³/mol. The third kappa shape index (κ3) is 4.26. The predicted octanol–water partition coefficient (Wildman–Crippen LogP) is 1.52. The molecule has 1 saturated heterocycles. The fraction of sp³-hybridized carbons (Fsp3) is 0.737. The molecule has 0 unspecified atom stereocenters. The van der Waals surface area contributed by atoms with Crippen molar-refractivity contribution in [3.8, 4) is 0 Å². The molecular formula is C19H30N4O3. The van der Waals surface area contributed by atoms with E-state index in [2.05, 4.69) is 10.2 Å².